The second-order valence-electron chi connectivity index (χ2n) is 4.68. The van der Waals surface area contributed by atoms with Crippen molar-refractivity contribution in [2.75, 3.05) is 7.11 Å². The number of aryl methyl sites for hydroxylation is 1. The van der Waals surface area contributed by atoms with E-state index in [1.807, 2.05) is 13.0 Å². The highest BCUT2D eigenvalue weighted by molar-refractivity contribution is 5.38. The smallest absolute Gasteiger partial charge is 0.129 e. The summed E-state index contributed by atoms with van der Waals surface area (Å²) < 4.78 is 31.6. The first-order chi connectivity index (χ1) is 9.51. The van der Waals surface area contributed by atoms with Crippen LogP contribution in [0.1, 0.15) is 22.8 Å². The number of methoxy groups -OCH3 is 1. The molecule has 20 heavy (non-hydrogen) atoms. The van der Waals surface area contributed by atoms with Crippen LogP contribution in [-0.4, -0.2) is 12.2 Å². The molecule has 0 aromatic heterocycles. The molecular formula is C16H16F2O2. The normalized spacial score (nSPS) is 12.2. The molecule has 0 aliphatic rings. The van der Waals surface area contributed by atoms with Crippen molar-refractivity contribution in [2.24, 2.45) is 0 Å². The molecule has 1 N–H and O–H groups in total. The largest absolute Gasteiger partial charge is 0.496 e. The molecule has 0 fully saturated rings. The van der Waals surface area contributed by atoms with Crippen LogP contribution < -0.4 is 4.74 Å². The minimum absolute atomic E-state index is 0.0817. The van der Waals surface area contributed by atoms with Gasteiger partial charge in [-0.1, -0.05) is 18.2 Å². The summed E-state index contributed by atoms with van der Waals surface area (Å²) in [5, 5.41) is 10.2. The zero-order valence-electron chi connectivity index (χ0n) is 11.4. The van der Waals surface area contributed by atoms with Crippen molar-refractivity contribution in [1.29, 1.82) is 0 Å². The van der Waals surface area contributed by atoms with E-state index in [0.717, 1.165) is 11.6 Å². The Bertz CT molecular complexity index is 611. The van der Waals surface area contributed by atoms with Gasteiger partial charge in [-0.15, -0.1) is 0 Å². The molecule has 106 valence electrons. The Kier molecular flexibility index (Phi) is 4.35. The Morgan fingerprint density at radius 3 is 2.55 bits per heavy atom. The first-order valence-corrected chi connectivity index (χ1v) is 6.28. The zero-order valence-corrected chi connectivity index (χ0v) is 11.4. The van der Waals surface area contributed by atoms with E-state index in [-0.39, 0.29) is 12.0 Å². The Hall–Kier alpha value is -1.94. The van der Waals surface area contributed by atoms with Crippen LogP contribution in [0.4, 0.5) is 8.78 Å². The molecule has 1 atom stereocenters. The van der Waals surface area contributed by atoms with Gasteiger partial charge in [-0.3, -0.25) is 0 Å². The summed E-state index contributed by atoms with van der Waals surface area (Å²) >= 11 is 0. The van der Waals surface area contributed by atoms with E-state index in [1.165, 1.54) is 12.1 Å². The summed E-state index contributed by atoms with van der Waals surface area (Å²) in [5.41, 5.74) is 1.87. The molecule has 0 spiro atoms. The highest BCUT2D eigenvalue weighted by Gasteiger charge is 2.13. The van der Waals surface area contributed by atoms with E-state index in [0.29, 0.717) is 11.3 Å². The predicted octanol–water partition coefficient (Wildman–Crippen LogP) is 3.56. The molecule has 0 amide bonds. The van der Waals surface area contributed by atoms with Crippen LogP contribution in [0, 0.1) is 18.6 Å². The van der Waals surface area contributed by atoms with E-state index in [4.69, 9.17) is 4.74 Å². The van der Waals surface area contributed by atoms with Crippen molar-refractivity contribution in [1.82, 2.24) is 0 Å². The van der Waals surface area contributed by atoms with Crippen LogP contribution >= 0.6 is 0 Å². The van der Waals surface area contributed by atoms with Crippen molar-refractivity contribution in [3.05, 3.63) is 64.7 Å². The average molecular weight is 278 g/mol. The van der Waals surface area contributed by atoms with Gasteiger partial charge in [0.05, 0.1) is 13.2 Å². The van der Waals surface area contributed by atoms with E-state index >= 15 is 0 Å². The van der Waals surface area contributed by atoms with Crippen molar-refractivity contribution < 1.29 is 18.6 Å². The van der Waals surface area contributed by atoms with Crippen LogP contribution in [-0.2, 0) is 6.42 Å². The van der Waals surface area contributed by atoms with E-state index in [1.54, 1.807) is 19.2 Å². The fraction of sp³-hybridized carbons (Fsp3) is 0.250. The topological polar surface area (TPSA) is 29.5 Å². The van der Waals surface area contributed by atoms with Gasteiger partial charge in [0.1, 0.15) is 17.4 Å². The first-order valence-electron chi connectivity index (χ1n) is 6.28. The highest BCUT2D eigenvalue weighted by atomic mass is 19.1. The monoisotopic (exact) mass is 278 g/mol. The van der Waals surface area contributed by atoms with Crippen molar-refractivity contribution in [2.45, 2.75) is 19.4 Å². The number of halogens is 2. The third-order valence-corrected chi connectivity index (χ3v) is 3.25. The van der Waals surface area contributed by atoms with Crippen molar-refractivity contribution in [3.8, 4) is 5.75 Å². The van der Waals surface area contributed by atoms with E-state index in [2.05, 4.69) is 0 Å². The quantitative estimate of drug-likeness (QED) is 0.926. The average Bonchev–Trinajstić information content (AvgIpc) is 2.42. The Morgan fingerprint density at radius 2 is 1.90 bits per heavy atom. The van der Waals surface area contributed by atoms with Gasteiger partial charge in [0.15, 0.2) is 0 Å². The van der Waals surface area contributed by atoms with Crippen molar-refractivity contribution >= 4 is 0 Å². The molecule has 2 rings (SSSR count). The molecule has 4 heteroatoms. The Morgan fingerprint density at radius 1 is 1.15 bits per heavy atom. The van der Waals surface area contributed by atoms with Crippen LogP contribution in [0.3, 0.4) is 0 Å². The van der Waals surface area contributed by atoms with Gasteiger partial charge in [-0.25, -0.2) is 8.78 Å². The summed E-state index contributed by atoms with van der Waals surface area (Å²) in [5.74, 6) is -0.609. The van der Waals surface area contributed by atoms with Gasteiger partial charge >= 0.3 is 0 Å². The molecule has 2 nitrogen and oxygen atoms in total. The third kappa shape index (κ3) is 3.14. The minimum atomic E-state index is -0.871. The van der Waals surface area contributed by atoms with Crippen LogP contribution in [0.15, 0.2) is 36.4 Å². The molecule has 0 saturated carbocycles. The highest BCUT2D eigenvalue weighted by Crippen LogP contribution is 2.26. The van der Waals surface area contributed by atoms with Gasteiger partial charge in [0, 0.05) is 12.5 Å². The van der Waals surface area contributed by atoms with Gasteiger partial charge in [-0.2, -0.15) is 0 Å². The number of aliphatic hydroxyl groups is 1. The maximum Gasteiger partial charge on any atom is 0.129 e. The lowest BCUT2D eigenvalue weighted by atomic mass is 9.99. The lowest BCUT2D eigenvalue weighted by Crippen LogP contribution is -2.04. The fourth-order valence-electron chi connectivity index (χ4n) is 2.06. The Labute approximate surface area is 116 Å². The van der Waals surface area contributed by atoms with Crippen LogP contribution in [0.25, 0.3) is 0 Å². The number of hydrogen-bond donors (Lipinski definition) is 1. The SMILES string of the molecule is COc1cc(C(O)Cc2ccc(F)cc2F)ccc1C. The standard InChI is InChI=1S/C16H16F2O2/c1-10-3-4-12(8-16(10)20-2)15(19)7-11-5-6-13(17)9-14(11)18/h3-6,8-9,15,19H,7H2,1-2H3. The summed E-state index contributed by atoms with van der Waals surface area (Å²) in [4.78, 5) is 0. The van der Waals surface area contributed by atoms with Gasteiger partial charge in [0.2, 0.25) is 0 Å². The Balaban J connectivity index is 2.21. The lowest BCUT2D eigenvalue weighted by Gasteiger charge is -2.14. The lowest BCUT2D eigenvalue weighted by molar-refractivity contribution is 0.176. The summed E-state index contributed by atoms with van der Waals surface area (Å²) in [6.45, 7) is 1.90. The molecule has 0 saturated heterocycles. The number of ether oxygens (including phenoxy) is 1. The number of aliphatic hydroxyl groups excluding tert-OH is 1. The van der Waals surface area contributed by atoms with Gasteiger partial charge in [-0.05, 0) is 35.7 Å². The maximum absolute atomic E-state index is 13.6. The molecule has 2 aromatic carbocycles. The minimum Gasteiger partial charge on any atom is -0.496 e. The van der Waals surface area contributed by atoms with Gasteiger partial charge in [0.25, 0.3) is 0 Å². The molecular weight excluding hydrogens is 262 g/mol. The summed E-state index contributed by atoms with van der Waals surface area (Å²) in [7, 11) is 1.55. The van der Waals surface area contributed by atoms with Gasteiger partial charge < -0.3 is 9.84 Å². The second kappa shape index (κ2) is 6.01. The number of hydrogen-bond acceptors (Lipinski definition) is 2. The summed E-state index contributed by atoms with van der Waals surface area (Å²) in [6.07, 6.45) is -0.789. The molecule has 0 aliphatic heterocycles. The van der Waals surface area contributed by atoms with Crippen LogP contribution in [0.5, 0.6) is 5.75 Å². The molecule has 1 unspecified atom stereocenters. The van der Waals surface area contributed by atoms with Crippen molar-refractivity contribution in [3.63, 3.8) is 0 Å². The fourth-order valence-corrected chi connectivity index (χ4v) is 2.06. The number of rotatable bonds is 4. The zero-order chi connectivity index (χ0) is 14.7. The molecule has 2 aromatic rings. The first kappa shape index (κ1) is 14.5. The number of benzene rings is 2. The second-order valence-corrected chi connectivity index (χ2v) is 4.68. The molecule has 0 heterocycles. The predicted molar refractivity (Wildman–Crippen MR) is 72.8 cm³/mol. The third-order valence-electron chi connectivity index (χ3n) is 3.25. The van der Waals surface area contributed by atoms with Crippen LogP contribution in [0.2, 0.25) is 0 Å². The summed E-state index contributed by atoms with van der Waals surface area (Å²) in [6, 6.07) is 8.67. The van der Waals surface area contributed by atoms with E-state index < -0.39 is 17.7 Å². The molecule has 0 aliphatic carbocycles. The maximum atomic E-state index is 13.6. The van der Waals surface area contributed by atoms with E-state index in [9.17, 15) is 13.9 Å². The molecule has 0 radical (unpaired) electrons. The molecule has 0 bridgehead atoms.